The average Bonchev–Trinajstić information content (AvgIpc) is 3.06. The van der Waals surface area contributed by atoms with E-state index >= 15 is 0 Å². The minimum atomic E-state index is -4.69. The maximum absolute atomic E-state index is 12.7. The predicted octanol–water partition coefficient (Wildman–Crippen LogP) is 2.83. The fourth-order valence-corrected chi connectivity index (χ4v) is 2.94. The van der Waals surface area contributed by atoms with E-state index in [1.54, 1.807) is 18.2 Å². The van der Waals surface area contributed by atoms with Crippen LogP contribution < -0.4 is 5.32 Å². The molecular weight excluding hydrogens is 367 g/mol. The third-order valence-electron chi connectivity index (χ3n) is 3.03. The number of nitrogens with zero attached hydrogens (tertiary/aromatic N) is 4. The second kappa shape index (κ2) is 6.36. The molecule has 0 radical (unpaired) electrons. The Balaban J connectivity index is 1.67. The first-order valence-corrected chi connectivity index (χ1v) is 7.86. The van der Waals surface area contributed by atoms with E-state index in [0.717, 1.165) is 16.9 Å². The summed E-state index contributed by atoms with van der Waals surface area (Å²) < 4.78 is 38.7. The van der Waals surface area contributed by atoms with E-state index in [1.807, 2.05) is 6.07 Å². The highest BCUT2D eigenvalue weighted by atomic mass is 35.5. The van der Waals surface area contributed by atoms with Gasteiger partial charge in [-0.3, -0.25) is 4.79 Å². The summed E-state index contributed by atoms with van der Waals surface area (Å²) in [6.45, 7) is 0.297. The standard InChI is InChI=1S/C13H9ClF3N5OS/c14-8-3-1-2-7(6-8)4-5-18-9(23)10-21-22-11(13(15,16)17)19-20-12(22)24-10/h1-3,6H,4-5H2,(H,18,23). The van der Waals surface area contributed by atoms with Gasteiger partial charge in [0, 0.05) is 11.6 Å². The SMILES string of the molecule is O=C(NCCc1cccc(Cl)c1)c1nn2c(C(F)(F)F)nnc2s1. The molecule has 1 aromatic carbocycles. The van der Waals surface area contributed by atoms with Crippen LogP contribution in [0.2, 0.25) is 5.02 Å². The molecule has 24 heavy (non-hydrogen) atoms. The molecule has 2 heterocycles. The van der Waals surface area contributed by atoms with E-state index in [4.69, 9.17) is 11.6 Å². The summed E-state index contributed by atoms with van der Waals surface area (Å²) in [7, 11) is 0. The zero-order valence-electron chi connectivity index (χ0n) is 11.8. The molecule has 0 saturated heterocycles. The van der Waals surface area contributed by atoms with Crippen molar-refractivity contribution in [1.82, 2.24) is 25.1 Å². The highest BCUT2D eigenvalue weighted by Crippen LogP contribution is 2.28. The number of halogens is 4. The second-order valence-corrected chi connectivity index (χ2v) is 6.15. The van der Waals surface area contributed by atoms with Crippen molar-refractivity contribution >= 4 is 33.8 Å². The zero-order chi connectivity index (χ0) is 17.3. The molecule has 11 heteroatoms. The maximum Gasteiger partial charge on any atom is 0.453 e. The molecular formula is C13H9ClF3N5OS. The van der Waals surface area contributed by atoms with Crippen molar-refractivity contribution in [2.24, 2.45) is 0 Å². The minimum absolute atomic E-state index is 0.0951. The maximum atomic E-state index is 12.7. The Morgan fingerprint density at radius 3 is 2.83 bits per heavy atom. The first-order valence-electron chi connectivity index (χ1n) is 6.66. The molecule has 6 nitrogen and oxygen atoms in total. The topological polar surface area (TPSA) is 72.2 Å². The van der Waals surface area contributed by atoms with Gasteiger partial charge in [0.15, 0.2) is 0 Å². The van der Waals surface area contributed by atoms with Crippen molar-refractivity contribution in [2.45, 2.75) is 12.6 Å². The average molecular weight is 376 g/mol. The van der Waals surface area contributed by atoms with E-state index in [2.05, 4.69) is 20.6 Å². The molecule has 1 N–H and O–H groups in total. The Labute approximate surface area is 142 Å². The molecule has 0 aliphatic heterocycles. The third-order valence-corrected chi connectivity index (χ3v) is 4.16. The predicted molar refractivity (Wildman–Crippen MR) is 81.2 cm³/mol. The van der Waals surface area contributed by atoms with Crippen LogP contribution in [0.1, 0.15) is 21.2 Å². The number of benzene rings is 1. The van der Waals surface area contributed by atoms with Gasteiger partial charge in [-0.05, 0) is 24.1 Å². The van der Waals surface area contributed by atoms with Crippen LogP contribution in [0.15, 0.2) is 24.3 Å². The fourth-order valence-electron chi connectivity index (χ4n) is 1.97. The van der Waals surface area contributed by atoms with E-state index in [1.165, 1.54) is 0 Å². The van der Waals surface area contributed by atoms with Gasteiger partial charge in [0.2, 0.25) is 9.97 Å². The summed E-state index contributed by atoms with van der Waals surface area (Å²) >= 11 is 6.60. The smallest absolute Gasteiger partial charge is 0.350 e. The van der Waals surface area contributed by atoms with E-state index in [9.17, 15) is 18.0 Å². The Hall–Kier alpha value is -2.20. The van der Waals surface area contributed by atoms with Gasteiger partial charge in [-0.25, -0.2) is 0 Å². The summed E-state index contributed by atoms with van der Waals surface area (Å²) in [6.07, 6.45) is -4.15. The third kappa shape index (κ3) is 3.49. The molecule has 0 spiro atoms. The molecule has 0 aliphatic rings. The van der Waals surface area contributed by atoms with Gasteiger partial charge in [0.1, 0.15) is 0 Å². The molecule has 0 atom stereocenters. The zero-order valence-corrected chi connectivity index (χ0v) is 13.4. The summed E-state index contributed by atoms with van der Waals surface area (Å²) in [6, 6.07) is 7.16. The Bertz CT molecular complexity index is 891. The molecule has 3 aromatic rings. The van der Waals surface area contributed by atoms with Crippen LogP contribution in [0.25, 0.3) is 4.96 Å². The first kappa shape index (κ1) is 16.7. The largest absolute Gasteiger partial charge is 0.453 e. The number of alkyl halides is 3. The lowest BCUT2D eigenvalue weighted by Crippen LogP contribution is -2.26. The van der Waals surface area contributed by atoms with E-state index < -0.39 is 17.9 Å². The normalized spacial score (nSPS) is 11.8. The van der Waals surface area contributed by atoms with Crippen molar-refractivity contribution in [2.75, 3.05) is 6.54 Å². The van der Waals surface area contributed by atoms with Crippen molar-refractivity contribution in [3.8, 4) is 0 Å². The van der Waals surface area contributed by atoms with Crippen LogP contribution in [0.4, 0.5) is 13.2 Å². The van der Waals surface area contributed by atoms with Crippen LogP contribution in [0.5, 0.6) is 0 Å². The van der Waals surface area contributed by atoms with Crippen LogP contribution in [0, 0.1) is 0 Å². The van der Waals surface area contributed by atoms with Gasteiger partial charge in [-0.15, -0.1) is 15.3 Å². The number of nitrogens with one attached hydrogen (secondary N) is 1. The Morgan fingerprint density at radius 2 is 2.12 bits per heavy atom. The van der Waals surface area contributed by atoms with Crippen molar-refractivity contribution in [3.05, 3.63) is 45.7 Å². The molecule has 126 valence electrons. The molecule has 0 aliphatic carbocycles. The minimum Gasteiger partial charge on any atom is -0.350 e. The fraction of sp³-hybridized carbons (Fsp3) is 0.231. The number of carbonyl (C=O) groups excluding carboxylic acids is 1. The van der Waals surface area contributed by atoms with Gasteiger partial charge >= 0.3 is 6.18 Å². The molecule has 1 amide bonds. The summed E-state index contributed by atoms with van der Waals surface area (Å²) in [5, 5.41) is 13.1. The van der Waals surface area contributed by atoms with Gasteiger partial charge in [0.05, 0.1) is 0 Å². The molecule has 0 bridgehead atoms. The Morgan fingerprint density at radius 1 is 1.33 bits per heavy atom. The van der Waals surface area contributed by atoms with Crippen molar-refractivity contribution < 1.29 is 18.0 Å². The first-order chi connectivity index (χ1) is 11.3. The summed E-state index contributed by atoms with van der Waals surface area (Å²) in [4.78, 5) is 11.9. The highest BCUT2D eigenvalue weighted by molar-refractivity contribution is 7.18. The number of fused-ring (bicyclic) bond motifs is 1. The van der Waals surface area contributed by atoms with Crippen molar-refractivity contribution in [3.63, 3.8) is 0 Å². The van der Waals surface area contributed by atoms with Gasteiger partial charge in [-0.1, -0.05) is 35.1 Å². The molecule has 0 fully saturated rings. The number of rotatable bonds is 4. The number of hydrogen-bond acceptors (Lipinski definition) is 5. The number of carbonyl (C=O) groups is 1. The molecule has 0 saturated carbocycles. The van der Waals surface area contributed by atoms with Gasteiger partial charge in [0.25, 0.3) is 11.7 Å². The summed E-state index contributed by atoms with van der Waals surface area (Å²) in [5.41, 5.74) is 0.931. The van der Waals surface area contributed by atoms with Crippen LogP contribution in [-0.2, 0) is 12.6 Å². The second-order valence-electron chi connectivity index (χ2n) is 4.76. The van der Waals surface area contributed by atoms with Crippen LogP contribution >= 0.6 is 22.9 Å². The quantitative estimate of drug-likeness (QED) is 0.761. The lowest BCUT2D eigenvalue weighted by Gasteiger charge is -2.03. The highest BCUT2D eigenvalue weighted by Gasteiger charge is 2.38. The lowest BCUT2D eigenvalue weighted by atomic mass is 10.1. The monoisotopic (exact) mass is 375 g/mol. The van der Waals surface area contributed by atoms with Gasteiger partial charge in [-0.2, -0.15) is 17.7 Å². The van der Waals surface area contributed by atoms with E-state index in [-0.39, 0.29) is 9.97 Å². The number of amides is 1. The van der Waals surface area contributed by atoms with Crippen molar-refractivity contribution in [1.29, 1.82) is 0 Å². The van der Waals surface area contributed by atoms with E-state index in [0.29, 0.717) is 22.5 Å². The van der Waals surface area contributed by atoms with Gasteiger partial charge < -0.3 is 5.32 Å². The number of aromatic nitrogens is 4. The molecule has 0 unspecified atom stereocenters. The van der Waals surface area contributed by atoms with Crippen LogP contribution in [-0.4, -0.2) is 32.3 Å². The lowest BCUT2D eigenvalue weighted by molar-refractivity contribution is -0.146. The Kier molecular flexibility index (Phi) is 4.41. The molecule has 3 rings (SSSR count). The molecule has 2 aromatic heterocycles. The number of hydrogen-bond donors (Lipinski definition) is 1. The summed E-state index contributed by atoms with van der Waals surface area (Å²) in [5.74, 6) is -1.83. The van der Waals surface area contributed by atoms with Crippen LogP contribution in [0.3, 0.4) is 0 Å².